The van der Waals surface area contributed by atoms with Gasteiger partial charge in [0, 0.05) is 6.54 Å². The Labute approximate surface area is 120 Å². The number of ether oxygens (including phenoxy) is 1. The quantitative estimate of drug-likeness (QED) is 0.851. The Bertz CT molecular complexity index is 675. The molecule has 0 fully saturated rings. The summed E-state index contributed by atoms with van der Waals surface area (Å²) in [6.45, 7) is 0.159. The van der Waals surface area contributed by atoms with Gasteiger partial charge >= 0.3 is 0 Å². The maximum Gasteiger partial charge on any atom is 0.254 e. The monoisotopic (exact) mass is 292 g/mol. The van der Waals surface area contributed by atoms with Crippen LogP contribution in [0.5, 0.6) is 5.75 Å². The van der Waals surface area contributed by atoms with Crippen LogP contribution in [0.15, 0.2) is 36.4 Å². The van der Waals surface area contributed by atoms with Crippen LogP contribution in [-0.2, 0) is 6.54 Å². The summed E-state index contributed by atoms with van der Waals surface area (Å²) in [5.74, 6) is -1.79. The third-order valence-corrected chi connectivity index (χ3v) is 2.90. The van der Waals surface area contributed by atoms with Crippen molar-refractivity contribution in [2.24, 2.45) is 0 Å². The standard InChI is InChI=1S/C15H14F2N2O2/c1-21-11-4-2-3-9(5-11)8-19-15(20)12-6-10(16)7-13(18)14(12)17/h2-7H,8,18H2,1H3,(H,19,20). The van der Waals surface area contributed by atoms with Gasteiger partial charge in [-0.25, -0.2) is 8.78 Å². The number of hydrogen-bond acceptors (Lipinski definition) is 3. The summed E-state index contributed by atoms with van der Waals surface area (Å²) in [6, 6.07) is 8.68. The zero-order valence-corrected chi connectivity index (χ0v) is 11.3. The highest BCUT2D eigenvalue weighted by Gasteiger charge is 2.15. The van der Waals surface area contributed by atoms with Crippen LogP contribution in [0.2, 0.25) is 0 Å². The molecule has 0 aromatic heterocycles. The number of halogens is 2. The lowest BCUT2D eigenvalue weighted by atomic mass is 10.1. The molecule has 0 unspecified atom stereocenters. The SMILES string of the molecule is COc1cccc(CNC(=O)c2cc(F)cc(N)c2F)c1. The van der Waals surface area contributed by atoms with Gasteiger partial charge in [-0.1, -0.05) is 12.1 Å². The van der Waals surface area contributed by atoms with Crippen LogP contribution in [0, 0.1) is 11.6 Å². The van der Waals surface area contributed by atoms with E-state index in [0.29, 0.717) is 5.75 Å². The topological polar surface area (TPSA) is 64.3 Å². The number of carbonyl (C=O) groups excluding carboxylic acids is 1. The smallest absolute Gasteiger partial charge is 0.254 e. The van der Waals surface area contributed by atoms with Crippen LogP contribution in [-0.4, -0.2) is 13.0 Å². The van der Waals surface area contributed by atoms with E-state index in [2.05, 4.69) is 5.32 Å². The minimum Gasteiger partial charge on any atom is -0.497 e. The van der Waals surface area contributed by atoms with Crippen LogP contribution >= 0.6 is 0 Å². The fourth-order valence-corrected chi connectivity index (χ4v) is 1.84. The van der Waals surface area contributed by atoms with Crippen LogP contribution in [0.25, 0.3) is 0 Å². The van der Waals surface area contributed by atoms with Gasteiger partial charge < -0.3 is 15.8 Å². The van der Waals surface area contributed by atoms with Crippen LogP contribution in [0.3, 0.4) is 0 Å². The number of rotatable bonds is 4. The van der Waals surface area contributed by atoms with Gasteiger partial charge in [0.2, 0.25) is 0 Å². The molecule has 1 amide bonds. The number of benzene rings is 2. The Balaban J connectivity index is 2.11. The molecule has 21 heavy (non-hydrogen) atoms. The van der Waals surface area contributed by atoms with Crippen LogP contribution in [0.1, 0.15) is 15.9 Å². The predicted molar refractivity (Wildman–Crippen MR) is 74.9 cm³/mol. The first kappa shape index (κ1) is 14.8. The second-order valence-electron chi connectivity index (χ2n) is 4.39. The van der Waals surface area contributed by atoms with Gasteiger partial charge in [0.1, 0.15) is 11.6 Å². The van der Waals surface area contributed by atoms with E-state index in [1.165, 1.54) is 7.11 Å². The third-order valence-electron chi connectivity index (χ3n) is 2.90. The molecule has 0 saturated carbocycles. The van der Waals surface area contributed by atoms with Crippen molar-refractivity contribution in [2.45, 2.75) is 6.54 Å². The normalized spacial score (nSPS) is 10.2. The number of nitrogen functional groups attached to an aromatic ring is 1. The van der Waals surface area contributed by atoms with Gasteiger partial charge in [-0.2, -0.15) is 0 Å². The van der Waals surface area contributed by atoms with Crippen molar-refractivity contribution in [3.8, 4) is 5.75 Å². The van der Waals surface area contributed by atoms with E-state index in [9.17, 15) is 13.6 Å². The molecular formula is C15H14F2N2O2. The highest BCUT2D eigenvalue weighted by molar-refractivity contribution is 5.95. The molecule has 0 spiro atoms. The average molecular weight is 292 g/mol. The average Bonchev–Trinajstić information content (AvgIpc) is 2.48. The Morgan fingerprint density at radius 1 is 1.29 bits per heavy atom. The summed E-state index contributed by atoms with van der Waals surface area (Å²) in [4.78, 5) is 11.9. The number of carbonyl (C=O) groups is 1. The maximum atomic E-state index is 13.7. The summed E-state index contributed by atoms with van der Waals surface area (Å²) in [6.07, 6.45) is 0. The molecular weight excluding hydrogens is 278 g/mol. The molecule has 0 radical (unpaired) electrons. The minimum atomic E-state index is -0.931. The summed E-state index contributed by atoms with van der Waals surface area (Å²) in [5.41, 5.74) is 5.24. The molecule has 4 nitrogen and oxygen atoms in total. The Morgan fingerprint density at radius 2 is 2.05 bits per heavy atom. The van der Waals surface area contributed by atoms with E-state index < -0.39 is 28.8 Å². The van der Waals surface area contributed by atoms with Gasteiger partial charge in [0.05, 0.1) is 18.4 Å². The predicted octanol–water partition coefficient (Wildman–Crippen LogP) is 2.49. The highest BCUT2D eigenvalue weighted by atomic mass is 19.1. The second-order valence-corrected chi connectivity index (χ2v) is 4.39. The van der Waals surface area contributed by atoms with Crippen molar-refractivity contribution in [2.75, 3.05) is 12.8 Å². The minimum absolute atomic E-state index is 0.159. The van der Waals surface area contributed by atoms with E-state index >= 15 is 0 Å². The molecule has 0 aliphatic rings. The number of nitrogens with two attached hydrogens (primary N) is 1. The highest BCUT2D eigenvalue weighted by Crippen LogP contribution is 2.18. The molecule has 2 aromatic carbocycles. The number of anilines is 1. The first-order chi connectivity index (χ1) is 10.0. The molecule has 2 aromatic rings. The van der Waals surface area contributed by atoms with Gasteiger partial charge in [-0.3, -0.25) is 4.79 Å². The van der Waals surface area contributed by atoms with Gasteiger partial charge in [0.25, 0.3) is 5.91 Å². The molecule has 6 heteroatoms. The number of methoxy groups -OCH3 is 1. The molecule has 2 rings (SSSR count). The molecule has 0 aliphatic carbocycles. The summed E-state index contributed by atoms with van der Waals surface area (Å²) in [7, 11) is 1.53. The molecule has 110 valence electrons. The largest absolute Gasteiger partial charge is 0.497 e. The van der Waals surface area contributed by atoms with Crippen molar-refractivity contribution in [1.29, 1.82) is 0 Å². The number of nitrogens with one attached hydrogen (secondary N) is 1. The van der Waals surface area contributed by atoms with E-state index in [-0.39, 0.29) is 6.54 Å². The van der Waals surface area contributed by atoms with Crippen LogP contribution in [0.4, 0.5) is 14.5 Å². The molecule has 0 bridgehead atoms. The number of amides is 1. The van der Waals surface area contributed by atoms with E-state index in [1.54, 1.807) is 24.3 Å². The van der Waals surface area contributed by atoms with Crippen molar-refractivity contribution in [1.82, 2.24) is 5.32 Å². The fraction of sp³-hybridized carbons (Fsp3) is 0.133. The molecule has 0 heterocycles. The van der Waals surface area contributed by atoms with Crippen molar-refractivity contribution in [3.05, 3.63) is 59.2 Å². The van der Waals surface area contributed by atoms with Gasteiger partial charge in [-0.05, 0) is 29.8 Å². The molecule has 0 atom stereocenters. The Kier molecular flexibility index (Phi) is 4.37. The second kappa shape index (κ2) is 6.21. The summed E-state index contributed by atoms with van der Waals surface area (Å²) in [5, 5.41) is 2.51. The maximum absolute atomic E-state index is 13.7. The zero-order valence-electron chi connectivity index (χ0n) is 11.3. The summed E-state index contributed by atoms with van der Waals surface area (Å²) < 4.78 is 31.9. The van der Waals surface area contributed by atoms with Gasteiger partial charge in [-0.15, -0.1) is 0 Å². The van der Waals surface area contributed by atoms with Gasteiger partial charge in [0.15, 0.2) is 5.82 Å². The van der Waals surface area contributed by atoms with E-state index in [4.69, 9.17) is 10.5 Å². The lowest BCUT2D eigenvalue weighted by molar-refractivity contribution is 0.0946. The van der Waals surface area contributed by atoms with Crippen molar-refractivity contribution >= 4 is 11.6 Å². The first-order valence-corrected chi connectivity index (χ1v) is 6.17. The molecule has 3 N–H and O–H groups in total. The van der Waals surface area contributed by atoms with Crippen LogP contribution < -0.4 is 15.8 Å². The van der Waals surface area contributed by atoms with Crippen molar-refractivity contribution in [3.63, 3.8) is 0 Å². The van der Waals surface area contributed by atoms with E-state index in [1.807, 2.05) is 0 Å². The third kappa shape index (κ3) is 3.47. The van der Waals surface area contributed by atoms with Crippen molar-refractivity contribution < 1.29 is 18.3 Å². The Morgan fingerprint density at radius 3 is 2.76 bits per heavy atom. The summed E-state index contributed by atoms with van der Waals surface area (Å²) >= 11 is 0. The fourth-order valence-electron chi connectivity index (χ4n) is 1.84. The lowest BCUT2D eigenvalue weighted by Crippen LogP contribution is -2.24. The number of hydrogen-bond donors (Lipinski definition) is 2. The first-order valence-electron chi connectivity index (χ1n) is 6.17. The zero-order chi connectivity index (χ0) is 15.4. The Hall–Kier alpha value is -2.63. The molecule has 0 saturated heterocycles. The van der Waals surface area contributed by atoms with E-state index in [0.717, 1.165) is 17.7 Å². The lowest BCUT2D eigenvalue weighted by Gasteiger charge is -2.09. The molecule has 0 aliphatic heterocycles.